The molecule has 4 aliphatic rings. The molecule has 0 aliphatic heterocycles. The lowest BCUT2D eigenvalue weighted by Crippen LogP contribution is -2.56. The number of amides is 1. The summed E-state index contributed by atoms with van der Waals surface area (Å²) in [6, 6.07) is 7.61. The van der Waals surface area contributed by atoms with Crippen LogP contribution in [0.2, 0.25) is 0 Å². The van der Waals surface area contributed by atoms with E-state index in [1.54, 1.807) is 11.7 Å². The van der Waals surface area contributed by atoms with Gasteiger partial charge in [0.2, 0.25) is 5.91 Å². The molecule has 2 atom stereocenters. The highest BCUT2D eigenvalue weighted by atomic mass is 16.3. The zero-order chi connectivity index (χ0) is 18.6. The maximum Gasteiger partial charge on any atom is 0.224 e. The topological polar surface area (TPSA) is 92.9 Å². The summed E-state index contributed by atoms with van der Waals surface area (Å²) in [5.74, 6) is 1.88. The number of aromatic nitrogens is 4. The van der Waals surface area contributed by atoms with Crippen LogP contribution in [0, 0.1) is 17.3 Å². The van der Waals surface area contributed by atoms with Gasteiger partial charge in [-0.15, -0.1) is 5.10 Å². The minimum Gasteiger partial charge on any atom is -0.390 e. The molecular formula is C20H25N5O2. The van der Waals surface area contributed by atoms with Crippen molar-refractivity contribution < 1.29 is 9.90 Å². The van der Waals surface area contributed by atoms with Crippen molar-refractivity contribution in [3.8, 4) is 11.4 Å². The van der Waals surface area contributed by atoms with E-state index >= 15 is 0 Å². The van der Waals surface area contributed by atoms with Gasteiger partial charge in [-0.1, -0.05) is 12.1 Å². The number of aryl methyl sites for hydroxylation is 1. The largest absolute Gasteiger partial charge is 0.390 e. The van der Waals surface area contributed by atoms with E-state index in [0.29, 0.717) is 24.1 Å². The van der Waals surface area contributed by atoms with E-state index in [1.807, 2.05) is 24.3 Å². The Labute approximate surface area is 158 Å². The first kappa shape index (κ1) is 16.9. The van der Waals surface area contributed by atoms with Crippen molar-refractivity contribution >= 4 is 11.6 Å². The fourth-order valence-electron chi connectivity index (χ4n) is 6.36. The second-order valence-corrected chi connectivity index (χ2v) is 9.12. The summed E-state index contributed by atoms with van der Waals surface area (Å²) in [5.41, 5.74) is 1.07. The third-order valence-corrected chi connectivity index (χ3v) is 6.71. The fourth-order valence-corrected chi connectivity index (χ4v) is 6.36. The molecular weight excluding hydrogens is 342 g/mol. The minimum atomic E-state index is -0.525. The average Bonchev–Trinajstić information content (AvgIpc) is 2.98. The summed E-state index contributed by atoms with van der Waals surface area (Å²) in [6.45, 7) is 0. The number of anilines is 1. The number of carbonyl (C=O) groups excluding carboxylic acids is 1. The Morgan fingerprint density at radius 3 is 2.74 bits per heavy atom. The Kier molecular flexibility index (Phi) is 3.66. The first-order valence-electron chi connectivity index (χ1n) is 9.77. The van der Waals surface area contributed by atoms with Gasteiger partial charge in [0, 0.05) is 24.7 Å². The molecule has 7 nitrogen and oxygen atoms in total. The number of aliphatic hydroxyl groups is 1. The van der Waals surface area contributed by atoms with Crippen molar-refractivity contribution in [3.05, 3.63) is 24.3 Å². The molecule has 0 radical (unpaired) electrons. The molecule has 2 N–H and O–H groups in total. The molecule has 4 fully saturated rings. The van der Waals surface area contributed by atoms with Crippen molar-refractivity contribution in [1.29, 1.82) is 0 Å². The van der Waals surface area contributed by atoms with Gasteiger partial charge in [-0.2, -0.15) is 0 Å². The number of nitrogens with zero attached hydrogens (tertiary/aromatic N) is 4. The van der Waals surface area contributed by atoms with Crippen molar-refractivity contribution in [2.45, 2.75) is 50.5 Å². The molecule has 0 saturated heterocycles. The number of tetrazole rings is 1. The van der Waals surface area contributed by atoms with Crippen LogP contribution in [0.3, 0.4) is 0 Å². The minimum absolute atomic E-state index is 0.0198. The normalized spacial score (nSPS) is 34.0. The lowest BCUT2D eigenvalue weighted by molar-refractivity contribution is -0.167. The van der Waals surface area contributed by atoms with E-state index in [2.05, 4.69) is 20.8 Å². The lowest BCUT2D eigenvalue weighted by atomic mass is 9.47. The van der Waals surface area contributed by atoms with Crippen LogP contribution in [-0.2, 0) is 11.8 Å². The summed E-state index contributed by atoms with van der Waals surface area (Å²) in [6.07, 6.45) is 6.55. The zero-order valence-electron chi connectivity index (χ0n) is 15.6. The average molecular weight is 367 g/mol. The van der Waals surface area contributed by atoms with E-state index in [9.17, 15) is 9.90 Å². The van der Waals surface area contributed by atoms with Gasteiger partial charge in [0.25, 0.3) is 0 Å². The highest BCUT2D eigenvalue weighted by Crippen LogP contribution is 2.62. The number of hydrogen-bond donors (Lipinski definition) is 2. The number of benzene rings is 1. The second-order valence-electron chi connectivity index (χ2n) is 9.12. The molecule has 6 rings (SSSR count). The van der Waals surface area contributed by atoms with Crippen LogP contribution in [0.5, 0.6) is 0 Å². The molecule has 4 aliphatic carbocycles. The summed E-state index contributed by atoms with van der Waals surface area (Å²) >= 11 is 0. The van der Waals surface area contributed by atoms with Crippen LogP contribution in [0.4, 0.5) is 5.69 Å². The number of hydrogen-bond acceptors (Lipinski definition) is 5. The first-order chi connectivity index (χ1) is 12.9. The van der Waals surface area contributed by atoms with E-state index in [-0.39, 0.29) is 11.3 Å². The van der Waals surface area contributed by atoms with Gasteiger partial charge in [-0.3, -0.25) is 4.79 Å². The smallest absolute Gasteiger partial charge is 0.224 e. The molecule has 7 heteroatoms. The Hall–Kier alpha value is -2.28. The highest BCUT2D eigenvalue weighted by Gasteiger charge is 2.57. The van der Waals surface area contributed by atoms with Crippen LogP contribution >= 0.6 is 0 Å². The van der Waals surface area contributed by atoms with E-state index < -0.39 is 5.60 Å². The van der Waals surface area contributed by atoms with Gasteiger partial charge in [0.05, 0.1) is 5.60 Å². The van der Waals surface area contributed by atoms with Crippen molar-refractivity contribution in [2.75, 3.05) is 5.32 Å². The standard InChI is InChI=1S/C20H25N5O2/c1-25-18(22-23-24-25)15-3-2-4-16(6-15)21-17(26)11-19-7-13-5-14(8-19)10-20(27,9-13)12-19/h2-4,6,13-14,27H,5,7-12H2,1H3,(H,21,26)/t13-,14-,19?,20?/m1/s1. The van der Waals surface area contributed by atoms with E-state index in [0.717, 1.165) is 43.4 Å². The van der Waals surface area contributed by atoms with Crippen LogP contribution in [0.1, 0.15) is 44.9 Å². The van der Waals surface area contributed by atoms with Crippen LogP contribution in [-0.4, -0.2) is 36.8 Å². The highest BCUT2D eigenvalue weighted by molar-refractivity contribution is 5.91. The molecule has 1 heterocycles. The van der Waals surface area contributed by atoms with E-state index in [4.69, 9.17) is 0 Å². The maximum atomic E-state index is 12.8. The quantitative estimate of drug-likeness (QED) is 0.866. The maximum absolute atomic E-state index is 12.8. The van der Waals surface area contributed by atoms with Crippen molar-refractivity contribution in [1.82, 2.24) is 20.2 Å². The third kappa shape index (κ3) is 3.04. The molecule has 1 aromatic heterocycles. The van der Waals surface area contributed by atoms with Gasteiger partial charge in [-0.25, -0.2) is 4.68 Å². The fraction of sp³-hybridized carbons (Fsp3) is 0.600. The first-order valence-corrected chi connectivity index (χ1v) is 9.77. The molecule has 4 bridgehead atoms. The summed E-state index contributed by atoms with van der Waals surface area (Å²) in [7, 11) is 1.79. The molecule has 2 aromatic rings. The number of nitrogens with one attached hydrogen (secondary N) is 1. The lowest BCUT2D eigenvalue weighted by Gasteiger charge is -2.60. The molecule has 1 aromatic carbocycles. The Balaban J connectivity index is 1.31. The van der Waals surface area contributed by atoms with Crippen molar-refractivity contribution in [2.24, 2.45) is 24.3 Å². The predicted octanol–water partition coefficient (Wildman–Crippen LogP) is 2.54. The Morgan fingerprint density at radius 2 is 2.07 bits per heavy atom. The molecule has 27 heavy (non-hydrogen) atoms. The zero-order valence-corrected chi connectivity index (χ0v) is 15.6. The molecule has 142 valence electrons. The van der Waals surface area contributed by atoms with Crippen LogP contribution in [0.15, 0.2) is 24.3 Å². The SMILES string of the molecule is Cn1nnnc1-c1cccc(NC(=O)CC23C[C@H]4C[C@@H](CC(O)(C4)C2)C3)c1. The van der Waals surface area contributed by atoms with Gasteiger partial charge < -0.3 is 10.4 Å². The summed E-state index contributed by atoms with van der Waals surface area (Å²) in [4.78, 5) is 12.8. The monoisotopic (exact) mass is 367 g/mol. The van der Waals surface area contributed by atoms with Crippen LogP contribution < -0.4 is 5.32 Å². The molecule has 0 spiro atoms. The Bertz CT molecular complexity index is 878. The second kappa shape index (κ2) is 5.86. The van der Waals surface area contributed by atoms with Gasteiger partial charge in [0.1, 0.15) is 0 Å². The van der Waals surface area contributed by atoms with Gasteiger partial charge in [0.15, 0.2) is 5.82 Å². The summed E-state index contributed by atoms with van der Waals surface area (Å²) in [5, 5.41) is 25.5. The van der Waals surface area contributed by atoms with Crippen LogP contribution in [0.25, 0.3) is 11.4 Å². The van der Waals surface area contributed by atoms with Gasteiger partial charge >= 0.3 is 0 Å². The number of rotatable bonds is 4. The number of carbonyl (C=O) groups is 1. The van der Waals surface area contributed by atoms with Crippen molar-refractivity contribution in [3.63, 3.8) is 0 Å². The summed E-state index contributed by atoms with van der Waals surface area (Å²) < 4.78 is 1.61. The Morgan fingerprint density at radius 1 is 1.30 bits per heavy atom. The third-order valence-electron chi connectivity index (χ3n) is 6.71. The molecule has 0 unspecified atom stereocenters. The predicted molar refractivity (Wildman–Crippen MR) is 99.5 cm³/mol. The molecule has 1 amide bonds. The van der Waals surface area contributed by atoms with E-state index in [1.165, 1.54) is 6.42 Å². The van der Waals surface area contributed by atoms with Gasteiger partial charge in [-0.05, 0) is 78.3 Å². The molecule has 4 saturated carbocycles.